The van der Waals surface area contributed by atoms with Crippen molar-refractivity contribution in [2.24, 2.45) is 0 Å². The van der Waals surface area contributed by atoms with Crippen molar-refractivity contribution < 1.29 is 12.6 Å². The number of benzene rings is 2. The summed E-state index contributed by atoms with van der Waals surface area (Å²) in [5.74, 6) is 0.265. The molecule has 0 unspecified atom stereocenters. The summed E-state index contributed by atoms with van der Waals surface area (Å²) in [6, 6.07) is 18.7. The first-order chi connectivity index (χ1) is 12.6. The van der Waals surface area contributed by atoms with Gasteiger partial charge >= 0.3 is 10.1 Å². The lowest BCUT2D eigenvalue weighted by Crippen LogP contribution is -2.14. The van der Waals surface area contributed by atoms with E-state index in [4.69, 9.17) is 4.18 Å². The number of pyridine rings is 1. The van der Waals surface area contributed by atoms with Gasteiger partial charge < -0.3 is 14.8 Å². The highest BCUT2D eigenvalue weighted by atomic mass is 32.2. The van der Waals surface area contributed by atoms with Gasteiger partial charge in [0.15, 0.2) is 0 Å². The SMILES string of the molecule is O=S(=O)(Oc1cccc(NCCNc2ccncc2)c1)c1ccccc1. The monoisotopic (exact) mass is 369 g/mol. The molecule has 0 atom stereocenters. The molecule has 0 saturated carbocycles. The zero-order valence-corrected chi connectivity index (χ0v) is 14.8. The Kier molecular flexibility index (Phi) is 5.70. The topological polar surface area (TPSA) is 80.3 Å². The summed E-state index contributed by atoms with van der Waals surface area (Å²) in [6.07, 6.45) is 3.45. The highest BCUT2D eigenvalue weighted by Crippen LogP contribution is 2.21. The van der Waals surface area contributed by atoms with E-state index in [0.717, 1.165) is 11.4 Å². The van der Waals surface area contributed by atoms with Crippen molar-refractivity contribution >= 4 is 21.5 Å². The fourth-order valence-corrected chi connectivity index (χ4v) is 3.25. The maximum Gasteiger partial charge on any atom is 0.339 e. The molecule has 0 aliphatic heterocycles. The van der Waals surface area contributed by atoms with Gasteiger partial charge in [0, 0.05) is 42.9 Å². The first-order valence-corrected chi connectivity index (χ1v) is 9.52. The molecular weight excluding hydrogens is 350 g/mol. The molecule has 0 bridgehead atoms. The number of nitrogens with one attached hydrogen (secondary N) is 2. The maximum atomic E-state index is 12.3. The van der Waals surface area contributed by atoms with Crippen LogP contribution in [0, 0.1) is 0 Å². The standard InChI is InChI=1S/C19H19N3O3S/c23-26(24,19-7-2-1-3-8-19)25-18-6-4-5-17(15-18)22-14-13-21-16-9-11-20-12-10-16/h1-12,15,22H,13-14H2,(H,20,21). The fraction of sp³-hybridized carbons (Fsp3) is 0.105. The van der Waals surface area contributed by atoms with E-state index in [1.54, 1.807) is 48.8 Å². The average Bonchev–Trinajstić information content (AvgIpc) is 2.67. The molecule has 0 aliphatic rings. The van der Waals surface area contributed by atoms with Gasteiger partial charge in [0.1, 0.15) is 10.6 Å². The predicted octanol–water partition coefficient (Wildman–Crippen LogP) is 3.37. The van der Waals surface area contributed by atoms with Gasteiger partial charge in [-0.3, -0.25) is 4.98 Å². The minimum absolute atomic E-state index is 0.125. The number of nitrogens with zero attached hydrogens (tertiary/aromatic N) is 1. The Balaban J connectivity index is 1.56. The molecule has 2 aromatic carbocycles. The minimum atomic E-state index is -3.84. The summed E-state index contributed by atoms with van der Waals surface area (Å²) in [7, 11) is -3.84. The van der Waals surface area contributed by atoms with Crippen LogP contribution in [0.1, 0.15) is 0 Å². The molecule has 0 radical (unpaired) electrons. The molecule has 26 heavy (non-hydrogen) atoms. The molecule has 6 nitrogen and oxygen atoms in total. The van der Waals surface area contributed by atoms with E-state index in [2.05, 4.69) is 15.6 Å². The molecule has 7 heteroatoms. The molecule has 134 valence electrons. The largest absolute Gasteiger partial charge is 0.383 e. The van der Waals surface area contributed by atoms with E-state index in [0.29, 0.717) is 13.1 Å². The summed E-state index contributed by atoms with van der Waals surface area (Å²) < 4.78 is 29.8. The zero-order valence-electron chi connectivity index (χ0n) is 14.0. The lowest BCUT2D eigenvalue weighted by atomic mass is 10.3. The van der Waals surface area contributed by atoms with E-state index in [1.165, 1.54) is 12.1 Å². The Morgan fingerprint density at radius 1 is 0.808 bits per heavy atom. The van der Waals surface area contributed by atoms with Gasteiger partial charge in [-0.05, 0) is 36.4 Å². The van der Waals surface area contributed by atoms with Crippen molar-refractivity contribution in [1.29, 1.82) is 0 Å². The second-order valence-electron chi connectivity index (χ2n) is 5.47. The van der Waals surface area contributed by atoms with Crippen LogP contribution in [0.2, 0.25) is 0 Å². The van der Waals surface area contributed by atoms with E-state index >= 15 is 0 Å². The summed E-state index contributed by atoms with van der Waals surface area (Å²) in [4.78, 5) is 4.09. The lowest BCUT2D eigenvalue weighted by Gasteiger charge is -2.11. The van der Waals surface area contributed by atoms with Gasteiger partial charge in [0.25, 0.3) is 0 Å². The summed E-state index contributed by atoms with van der Waals surface area (Å²) in [5, 5.41) is 6.49. The van der Waals surface area contributed by atoms with Crippen LogP contribution in [0.15, 0.2) is 84.0 Å². The summed E-state index contributed by atoms with van der Waals surface area (Å²) in [5.41, 5.74) is 1.77. The van der Waals surface area contributed by atoms with Crippen LogP contribution in [0.4, 0.5) is 11.4 Å². The third-order valence-electron chi connectivity index (χ3n) is 3.54. The van der Waals surface area contributed by atoms with Crippen LogP contribution in [0.25, 0.3) is 0 Å². The highest BCUT2D eigenvalue weighted by molar-refractivity contribution is 7.87. The Hall–Kier alpha value is -3.06. The first-order valence-electron chi connectivity index (χ1n) is 8.11. The molecule has 3 aromatic rings. The molecule has 0 aliphatic carbocycles. The molecular formula is C19H19N3O3S. The molecule has 0 amide bonds. The van der Waals surface area contributed by atoms with Crippen LogP contribution in [0.3, 0.4) is 0 Å². The van der Waals surface area contributed by atoms with E-state index in [1.807, 2.05) is 18.2 Å². The van der Waals surface area contributed by atoms with Crippen LogP contribution >= 0.6 is 0 Å². The zero-order chi connectivity index (χ0) is 18.2. The Morgan fingerprint density at radius 2 is 1.50 bits per heavy atom. The number of hydrogen-bond acceptors (Lipinski definition) is 6. The summed E-state index contributed by atoms with van der Waals surface area (Å²) in [6.45, 7) is 1.37. The van der Waals surface area contributed by atoms with Crippen molar-refractivity contribution in [1.82, 2.24) is 4.98 Å². The number of anilines is 2. The van der Waals surface area contributed by atoms with Gasteiger partial charge in [0.05, 0.1) is 0 Å². The number of aromatic nitrogens is 1. The molecule has 3 rings (SSSR count). The van der Waals surface area contributed by atoms with Crippen molar-refractivity contribution in [3.05, 3.63) is 79.1 Å². The van der Waals surface area contributed by atoms with Crippen LogP contribution in [0.5, 0.6) is 5.75 Å². The van der Waals surface area contributed by atoms with Crippen molar-refractivity contribution in [3.8, 4) is 5.75 Å². The molecule has 0 saturated heterocycles. The van der Waals surface area contributed by atoms with Gasteiger partial charge in [0.2, 0.25) is 0 Å². The third-order valence-corrected chi connectivity index (χ3v) is 4.80. The van der Waals surface area contributed by atoms with E-state index in [9.17, 15) is 8.42 Å². The molecule has 2 N–H and O–H groups in total. The van der Waals surface area contributed by atoms with E-state index < -0.39 is 10.1 Å². The second kappa shape index (κ2) is 8.35. The van der Waals surface area contributed by atoms with Crippen molar-refractivity contribution in [2.45, 2.75) is 4.90 Å². The molecule has 0 fully saturated rings. The lowest BCUT2D eigenvalue weighted by molar-refractivity contribution is 0.486. The quantitative estimate of drug-likeness (QED) is 0.468. The fourth-order valence-electron chi connectivity index (χ4n) is 2.30. The van der Waals surface area contributed by atoms with Crippen LogP contribution < -0.4 is 14.8 Å². The Labute approximate surface area is 153 Å². The predicted molar refractivity (Wildman–Crippen MR) is 102 cm³/mol. The third kappa shape index (κ3) is 4.97. The number of rotatable bonds is 8. The van der Waals surface area contributed by atoms with E-state index in [-0.39, 0.29) is 10.6 Å². The first kappa shape index (κ1) is 17.8. The normalized spacial score (nSPS) is 10.9. The smallest absolute Gasteiger partial charge is 0.339 e. The second-order valence-corrected chi connectivity index (χ2v) is 7.01. The molecule has 0 spiro atoms. The minimum Gasteiger partial charge on any atom is -0.383 e. The van der Waals surface area contributed by atoms with Crippen LogP contribution in [-0.2, 0) is 10.1 Å². The number of hydrogen-bond donors (Lipinski definition) is 2. The van der Waals surface area contributed by atoms with Crippen molar-refractivity contribution in [3.63, 3.8) is 0 Å². The van der Waals surface area contributed by atoms with Gasteiger partial charge in [-0.2, -0.15) is 8.42 Å². The Morgan fingerprint density at radius 3 is 2.23 bits per heavy atom. The maximum absolute atomic E-state index is 12.3. The summed E-state index contributed by atoms with van der Waals surface area (Å²) >= 11 is 0. The van der Waals surface area contributed by atoms with Gasteiger partial charge in [-0.25, -0.2) is 0 Å². The highest BCUT2D eigenvalue weighted by Gasteiger charge is 2.15. The van der Waals surface area contributed by atoms with Gasteiger partial charge in [-0.1, -0.05) is 24.3 Å². The van der Waals surface area contributed by atoms with Crippen LogP contribution in [-0.4, -0.2) is 26.5 Å². The average molecular weight is 369 g/mol. The van der Waals surface area contributed by atoms with Gasteiger partial charge in [-0.15, -0.1) is 0 Å². The Bertz CT molecular complexity index is 933. The molecule has 1 aromatic heterocycles. The molecule has 1 heterocycles. The van der Waals surface area contributed by atoms with Crippen molar-refractivity contribution in [2.75, 3.05) is 23.7 Å².